The lowest BCUT2D eigenvalue weighted by molar-refractivity contribution is -0.274. The molecule has 21 heavy (non-hydrogen) atoms. The number of halogens is 6. The van der Waals surface area contributed by atoms with Gasteiger partial charge in [-0.2, -0.15) is 15.0 Å². The SMILES string of the molecule is FC(F)(F)Oc1ccc(Oc2nc(Cl)nc(Cl)n2)cc1Br. The number of rotatable bonds is 3. The fourth-order valence-corrected chi connectivity index (χ4v) is 2.00. The summed E-state index contributed by atoms with van der Waals surface area (Å²) in [5.41, 5.74) is 0. The van der Waals surface area contributed by atoms with Gasteiger partial charge in [-0.3, -0.25) is 0 Å². The van der Waals surface area contributed by atoms with Gasteiger partial charge in [-0.05, 0) is 57.3 Å². The summed E-state index contributed by atoms with van der Waals surface area (Å²) in [5, 5.41) is -0.359. The predicted octanol–water partition coefficient (Wildman–Crippen LogP) is 4.63. The Bertz CT molecular complexity index is 652. The van der Waals surface area contributed by atoms with E-state index in [1.165, 1.54) is 12.1 Å². The van der Waals surface area contributed by atoms with E-state index in [0.29, 0.717) is 0 Å². The molecule has 11 heteroatoms. The Hall–Kier alpha value is -1.32. The fourth-order valence-electron chi connectivity index (χ4n) is 1.21. The standard InChI is InChI=1S/C10H3BrCl2F3N3O2/c11-5-3-4(1-2-6(5)21-10(14,15)16)20-9-18-7(12)17-8(13)19-9/h1-3H. The minimum absolute atomic E-state index is 0.0311. The van der Waals surface area contributed by atoms with E-state index in [9.17, 15) is 13.2 Å². The second kappa shape index (κ2) is 6.20. The lowest BCUT2D eigenvalue weighted by Gasteiger charge is -2.11. The molecule has 0 N–H and O–H groups in total. The van der Waals surface area contributed by atoms with Crippen molar-refractivity contribution < 1.29 is 22.6 Å². The third-order valence-electron chi connectivity index (χ3n) is 1.90. The van der Waals surface area contributed by atoms with Crippen LogP contribution < -0.4 is 9.47 Å². The third-order valence-corrected chi connectivity index (χ3v) is 2.86. The summed E-state index contributed by atoms with van der Waals surface area (Å²) in [6.45, 7) is 0. The lowest BCUT2D eigenvalue weighted by atomic mass is 10.3. The topological polar surface area (TPSA) is 57.1 Å². The molecule has 1 heterocycles. The van der Waals surface area contributed by atoms with Crippen LogP contribution in [-0.4, -0.2) is 21.3 Å². The van der Waals surface area contributed by atoms with E-state index in [1.54, 1.807) is 0 Å². The summed E-state index contributed by atoms with van der Waals surface area (Å²) in [7, 11) is 0. The molecule has 0 aliphatic rings. The second-order valence-corrected chi connectivity index (χ2v) is 4.93. The third kappa shape index (κ3) is 4.87. The zero-order chi connectivity index (χ0) is 15.6. The number of ether oxygens (including phenoxy) is 2. The molecule has 2 aromatic rings. The molecule has 0 saturated carbocycles. The summed E-state index contributed by atoms with van der Waals surface area (Å²) in [6, 6.07) is 3.35. The van der Waals surface area contributed by atoms with Crippen molar-refractivity contribution in [3.8, 4) is 17.5 Å². The molecular weight excluding hydrogens is 402 g/mol. The smallest absolute Gasteiger partial charge is 0.424 e. The molecule has 2 rings (SSSR count). The first-order chi connectivity index (χ1) is 9.73. The Kier molecular flexibility index (Phi) is 4.74. The minimum Gasteiger partial charge on any atom is -0.424 e. The Labute approximate surface area is 134 Å². The molecule has 1 aromatic heterocycles. The molecule has 0 saturated heterocycles. The largest absolute Gasteiger partial charge is 0.573 e. The number of alkyl halides is 3. The molecule has 0 aliphatic heterocycles. The van der Waals surface area contributed by atoms with Gasteiger partial charge in [-0.15, -0.1) is 13.2 Å². The maximum atomic E-state index is 12.1. The lowest BCUT2D eigenvalue weighted by Crippen LogP contribution is -2.17. The van der Waals surface area contributed by atoms with Crippen LogP contribution in [0.2, 0.25) is 10.6 Å². The normalized spacial score (nSPS) is 11.3. The molecule has 0 atom stereocenters. The molecule has 0 unspecified atom stereocenters. The first kappa shape index (κ1) is 16.1. The molecule has 0 fully saturated rings. The Morgan fingerprint density at radius 3 is 2.19 bits per heavy atom. The van der Waals surface area contributed by atoms with E-state index >= 15 is 0 Å². The van der Waals surface area contributed by atoms with Gasteiger partial charge in [-0.25, -0.2) is 0 Å². The van der Waals surface area contributed by atoms with Crippen LogP contribution in [0.1, 0.15) is 0 Å². The summed E-state index contributed by atoms with van der Waals surface area (Å²) in [6.07, 6.45) is -4.79. The quantitative estimate of drug-likeness (QED) is 0.746. The van der Waals surface area contributed by atoms with E-state index < -0.39 is 12.1 Å². The van der Waals surface area contributed by atoms with Crippen molar-refractivity contribution in [3.05, 3.63) is 33.2 Å². The van der Waals surface area contributed by atoms with Crippen LogP contribution in [-0.2, 0) is 0 Å². The van der Waals surface area contributed by atoms with Crippen molar-refractivity contribution in [2.75, 3.05) is 0 Å². The van der Waals surface area contributed by atoms with Crippen LogP contribution in [0.15, 0.2) is 22.7 Å². The van der Waals surface area contributed by atoms with E-state index in [0.717, 1.165) is 6.07 Å². The second-order valence-electron chi connectivity index (χ2n) is 3.40. The van der Waals surface area contributed by atoms with Crippen molar-refractivity contribution in [1.29, 1.82) is 0 Å². The molecule has 0 radical (unpaired) electrons. The zero-order valence-corrected chi connectivity index (χ0v) is 12.8. The average Bonchev–Trinajstić information content (AvgIpc) is 2.30. The van der Waals surface area contributed by atoms with Gasteiger partial charge in [0.05, 0.1) is 4.47 Å². The molecule has 5 nitrogen and oxygen atoms in total. The highest BCUT2D eigenvalue weighted by atomic mass is 79.9. The Morgan fingerprint density at radius 2 is 1.67 bits per heavy atom. The maximum absolute atomic E-state index is 12.1. The van der Waals surface area contributed by atoms with Gasteiger partial charge in [0.2, 0.25) is 10.6 Å². The highest BCUT2D eigenvalue weighted by Crippen LogP contribution is 2.34. The van der Waals surface area contributed by atoms with E-state index in [1.807, 2.05) is 0 Å². The van der Waals surface area contributed by atoms with Crippen molar-refractivity contribution in [2.24, 2.45) is 0 Å². The van der Waals surface area contributed by atoms with Crippen molar-refractivity contribution in [1.82, 2.24) is 15.0 Å². The molecule has 0 bridgehead atoms. The van der Waals surface area contributed by atoms with Crippen molar-refractivity contribution in [2.45, 2.75) is 6.36 Å². The fraction of sp³-hybridized carbons (Fsp3) is 0.100. The first-order valence-electron chi connectivity index (χ1n) is 5.03. The molecule has 0 spiro atoms. The van der Waals surface area contributed by atoms with Gasteiger partial charge in [0.25, 0.3) is 0 Å². The van der Waals surface area contributed by atoms with Crippen LogP contribution in [0.4, 0.5) is 13.2 Å². The zero-order valence-electron chi connectivity index (χ0n) is 9.66. The molecule has 112 valence electrons. The molecular formula is C10H3BrCl2F3N3O2. The Morgan fingerprint density at radius 1 is 1.05 bits per heavy atom. The van der Waals surface area contributed by atoms with E-state index in [2.05, 4.69) is 35.6 Å². The van der Waals surface area contributed by atoms with Gasteiger partial charge >= 0.3 is 12.4 Å². The summed E-state index contributed by atoms with van der Waals surface area (Å²) < 4.78 is 45.4. The van der Waals surface area contributed by atoms with Crippen LogP contribution in [0, 0.1) is 0 Å². The van der Waals surface area contributed by atoms with Gasteiger partial charge in [0.15, 0.2) is 0 Å². The van der Waals surface area contributed by atoms with E-state index in [-0.39, 0.29) is 26.8 Å². The van der Waals surface area contributed by atoms with Crippen LogP contribution in [0.5, 0.6) is 17.5 Å². The highest BCUT2D eigenvalue weighted by molar-refractivity contribution is 9.10. The molecule has 0 amide bonds. The minimum atomic E-state index is -4.79. The summed E-state index contributed by atoms with van der Waals surface area (Å²) >= 11 is 14.1. The van der Waals surface area contributed by atoms with Crippen molar-refractivity contribution >= 4 is 39.1 Å². The molecule has 1 aromatic carbocycles. The summed E-state index contributed by atoms with van der Waals surface area (Å²) in [4.78, 5) is 10.8. The van der Waals surface area contributed by atoms with Gasteiger partial charge in [0, 0.05) is 0 Å². The van der Waals surface area contributed by atoms with Gasteiger partial charge < -0.3 is 9.47 Å². The monoisotopic (exact) mass is 403 g/mol. The predicted molar refractivity (Wildman–Crippen MR) is 70.7 cm³/mol. The van der Waals surface area contributed by atoms with Crippen LogP contribution >= 0.6 is 39.1 Å². The first-order valence-corrected chi connectivity index (χ1v) is 6.58. The molecule has 0 aliphatic carbocycles. The summed E-state index contributed by atoms with van der Waals surface area (Å²) in [5.74, 6) is -0.267. The number of benzene rings is 1. The number of nitrogens with zero attached hydrogens (tertiary/aromatic N) is 3. The number of hydrogen-bond acceptors (Lipinski definition) is 5. The number of aromatic nitrogens is 3. The number of hydrogen-bond donors (Lipinski definition) is 0. The average molecular weight is 405 g/mol. The van der Waals surface area contributed by atoms with Crippen molar-refractivity contribution in [3.63, 3.8) is 0 Å². The van der Waals surface area contributed by atoms with E-state index in [4.69, 9.17) is 27.9 Å². The Balaban J connectivity index is 2.20. The van der Waals surface area contributed by atoms with Crippen LogP contribution in [0.3, 0.4) is 0 Å². The maximum Gasteiger partial charge on any atom is 0.573 e. The highest BCUT2D eigenvalue weighted by Gasteiger charge is 2.32. The van der Waals surface area contributed by atoms with Crippen LogP contribution in [0.25, 0.3) is 0 Å². The van der Waals surface area contributed by atoms with Gasteiger partial charge in [-0.1, -0.05) is 0 Å². The van der Waals surface area contributed by atoms with Gasteiger partial charge in [0.1, 0.15) is 11.5 Å².